The molecule has 1 aliphatic heterocycles. The van der Waals surface area contributed by atoms with Crippen LogP contribution in [0.4, 0.5) is 20.2 Å². The van der Waals surface area contributed by atoms with E-state index in [4.69, 9.17) is 0 Å². The number of benzene rings is 2. The zero-order chi connectivity index (χ0) is 13.9. The van der Waals surface area contributed by atoms with Crippen molar-refractivity contribution in [2.24, 2.45) is 0 Å². The second-order valence-electron chi connectivity index (χ2n) is 4.97. The Morgan fingerprint density at radius 1 is 0.850 bits per heavy atom. The highest BCUT2D eigenvalue weighted by Gasteiger charge is 2.24. The van der Waals surface area contributed by atoms with Gasteiger partial charge in [-0.15, -0.1) is 0 Å². The van der Waals surface area contributed by atoms with Gasteiger partial charge in [0, 0.05) is 24.0 Å². The summed E-state index contributed by atoms with van der Waals surface area (Å²) >= 11 is 0. The van der Waals surface area contributed by atoms with Crippen LogP contribution in [-0.4, -0.2) is 19.1 Å². The van der Waals surface area contributed by atoms with E-state index in [0.29, 0.717) is 6.04 Å². The number of hydrogen-bond acceptors (Lipinski definition) is 2. The fourth-order valence-corrected chi connectivity index (χ4v) is 2.63. The molecule has 0 radical (unpaired) electrons. The lowest BCUT2D eigenvalue weighted by atomic mass is 10.1. The van der Waals surface area contributed by atoms with Crippen LogP contribution in [0.15, 0.2) is 48.5 Å². The fraction of sp³-hybridized carbons (Fsp3) is 0.250. The number of rotatable bonds is 3. The van der Waals surface area contributed by atoms with Crippen LogP contribution in [0.1, 0.15) is 6.42 Å². The third kappa shape index (κ3) is 2.65. The maximum Gasteiger partial charge on any atom is 0.123 e. The minimum absolute atomic E-state index is 0.252. The van der Waals surface area contributed by atoms with Crippen molar-refractivity contribution in [3.63, 3.8) is 0 Å². The monoisotopic (exact) mass is 274 g/mol. The topological polar surface area (TPSA) is 15.3 Å². The minimum atomic E-state index is -0.252. The van der Waals surface area contributed by atoms with Crippen molar-refractivity contribution in [1.82, 2.24) is 5.32 Å². The van der Waals surface area contributed by atoms with Gasteiger partial charge in [0.2, 0.25) is 0 Å². The first kappa shape index (κ1) is 13.1. The summed E-state index contributed by atoms with van der Waals surface area (Å²) in [5.74, 6) is -0.505. The Balaban J connectivity index is 1.98. The standard InChI is InChI=1S/C16H16F2N2/c17-12-1-5-14(6-2-12)20(16-9-10-19-11-16)15-7-3-13(18)4-8-15/h1-8,16,19H,9-11H2/t16-/m0/s1. The van der Waals surface area contributed by atoms with Gasteiger partial charge in [-0.2, -0.15) is 0 Å². The predicted molar refractivity (Wildman–Crippen MR) is 76.2 cm³/mol. The number of halogens is 2. The molecule has 0 aliphatic carbocycles. The molecule has 2 aromatic rings. The molecule has 0 aromatic heterocycles. The molecule has 1 aliphatic rings. The van der Waals surface area contributed by atoms with Crippen LogP contribution >= 0.6 is 0 Å². The van der Waals surface area contributed by atoms with Crippen LogP contribution in [0.3, 0.4) is 0 Å². The Hall–Kier alpha value is -1.94. The number of nitrogens with one attached hydrogen (secondary N) is 1. The second kappa shape index (κ2) is 5.59. The largest absolute Gasteiger partial charge is 0.337 e. The molecular weight excluding hydrogens is 258 g/mol. The van der Waals surface area contributed by atoms with Crippen LogP contribution in [-0.2, 0) is 0 Å². The average Bonchev–Trinajstić information content (AvgIpc) is 2.97. The molecule has 1 fully saturated rings. The van der Waals surface area contributed by atoms with Crippen LogP contribution in [0, 0.1) is 11.6 Å². The summed E-state index contributed by atoms with van der Waals surface area (Å²) in [6, 6.07) is 13.2. The van der Waals surface area contributed by atoms with Gasteiger partial charge in [0.15, 0.2) is 0 Å². The number of hydrogen-bond donors (Lipinski definition) is 1. The van der Waals surface area contributed by atoms with Crippen molar-refractivity contribution in [3.8, 4) is 0 Å². The lowest BCUT2D eigenvalue weighted by Gasteiger charge is -2.31. The van der Waals surface area contributed by atoms with E-state index >= 15 is 0 Å². The first-order valence-electron chi connectivity index (χ1n) is 6.75. The van der Waals surface area contributed by atoms with E-state index in [2.05, 4.69) is 10.2 Å². The van der Waals surface area contributed by atoms with Crippen molar-refractivity contribution in [2.45, 2.75) is 12.5 Å². The highest BCUT2D eigenvalue weighted by Crippen LogP contribution is 2.30. The third-order valence-corrected chi connectivity index (χ3v) is 3.61. The molecule has 0 bridgehead atoms. The van der Waals surface area contributed by atoms with E-state index in [9.17, 15) is 8.78 Å². The minimum Gasteiger partial charge on any atom is -0.337 e. The zero-order valence-corrected chi connectivity index (χ0v) is 11.0. The summed E-state index contributed by atoms with van der Waals surface area (Å²) in [6.07, 6.45) is 1.01. The molecule has 0 spiro atoms. The third-order valence-electron chi connectivity index (χ3n) is 3.61. The van der Waals surface area contributed by atoms with Gasteiger partial charge in [-0.1, -0.05) is 0 Å². The number of anilines is 2. The first-order chi connectivity index (χ1) is 9.74. The predicted octanol–water partition coefficient (Wildman–Crippen LogP) is 3.46. The summed E-state index contributed by atoms with van der Waals surface area (Å²) in [5, 5.41) is 3.33. The fourth-order valence-electron chi connectivity index (χ4n) is 2.63. The Morgan fingerprint density at radius 2 is 1.35 bits per heavy atom. The molecular formula is C16H16F2N2. The zero-order valence-electron chi connectivity index (χ0n) is 11.0. The van der Waals surface area contributed by atoms with Crippen LogP contribution < -0.4 is 10.2 Å². The van der Waals surface area contributed by atoms with E-state index in [1.807, 2.05) is 0 Å². The summed E-state index contributed by atoms with van der Waals surface area (Å²) in [4.78, 5) is 2.14. The summed E-state index contributed by atoms with van der Waals surface area (Å²) < 4.78 is 26.2. The van der Waals surface area contributed by atoms with Crippen LogP contribution in [0.5, 0.6) is 0 Å². The van der Waals surface area contributed by atoms with Gasteiger partial charge in [0.25, 0.3) is 0 Å². The smallest absolute Gasteiger partial charge is 0.123 e. The molecule has 1 saturated heterocycles. The van der Waals surface area contributed by atoms with Crippen molar-refractivity contribution in [3.05, 3.63) is 60.2 Å². The van der Waals surface area contributed by atoms with Gasteiger partial charge < -0.3 is 10.2 Å². The Bertz CT molecular complexity index is 515. The van der Waals surface area contributed by atoms with Gasteiger partial charge in [0.1, 0.15) is 11.6 Å². The molecule has 2 nitrogen and oxygen atoms in total. The molecule has 1 heterocycles. The molecule has 2 aromatic carbocycles. The SMILES string of the molecule is Fc1ccc(N(c2ccc(F)cc2)[C@H]2CCNC2)cc1. The van der Waals surface area contributed by atoms with Crippen molar-refractivity contribution < 1.29 is 8.78 Å². The number of nitrogens with zero attached hydrogens (tertiary/aromatic N) is 1. The van der Waals surface area contributed by atoms with E-state index in [1.165, 1.54) is 24.3 Å². The van der Waals surface area contributed by atoms with Gasteiger partial charge >= 0.3 is 0 Å². The molecule has 20 heavy (non-hydrogen) atoms. The quantitative estimate of drug-likeness (QED) is 0.922. The maximum absolute atomic E-state index is 13.1. The second-order valence-corrected chi connectivity index (χ2v) is 4.97. The summed E-state index contributed by atoms with van der Waals surface area (Å²) in [7, 11) is 0. The molecule has 0 saturated carbocycles. The normalized spacial score (nSPS) is 18.2. The first-order valence-corrected chi connectivity index (χ1v) is 6.75. The maximum atomic E-state index is 13.1. The highest BCUT2D eigenvalue weighted by molar-refractivity contribution is 5.64. The molecule has 4 heteroatoms. The van der Waals surface area contributed by atoms with E-state index in [1.54, 1.807) is 24.3 Å². The molecule has 3 rings (SSSR count). The van der Waals surface area contributed by atoms with Crippen molar-refractivity contribution >= 4 is 11.4 Å². The van der Waals surface area contributed by atoms with Crippen molar-refractivity contribution in [2.75, 3.05) is 18.0 Å². The molecule has 1 N–H and O–H groups in total. The van der Waals surface area contributed by atoms with E-state index < -0.39 is 0 Å². The average molecular weight is 274 g/mol. The Kier molecular flexibility index (Phi) is 3.65. The Labute approximate surface area is 117 Å². The van der Waals surface area contributed by atoms with Gasteiger partial charge in [-0.05, 0) is 61.5 Å². The van der Waals surface area contributed by atoms with Crippen LogP contribution in [0.2, 0.25) is 0 Å². The lowest BCUT2D eigenvalue weighted by molar-refractivity contribution is 0.626. The molecule has 0 amide bonds. The molecule has 0 unspecified atom stereocenters. The van der Waals surface area contributed by atoms with Gasteiger partial charge in [0.05, 0.1) is 0 Å². The summed E-state index contributed by atoms with van der Waals surface area (Å²) in [6.45, 7) is 1.83. The van der Waals surface area contributed by atoms with Crippen molar-refractivity contribution in [1.29, 1.82) is 0 Å². The molecule has 104 valence electrons. The Morgan fingerprint density at radius 3 is 1.75 bits per heavy atom. The highest BCUT2D eigenvalue weighted by atomic mass is 19.1. The van der Waals surface area contributed by atoms with E-state index in [0.717, 1.165) is 30.9 Å². The lowest BCUT2D eigenvalue weighted by Crippen LogP contribution is -2.32. The van der Waals surface area contributed by atoms with Gasteiger partial charge in [-0.3, -0.25) is 0 Å². The van der Waals surface area contributed by atoms with Crippen LogP contribution in [0.25, 0.3) is 0 Å². The summed E-state index contributed by atoms with van der Waals surface area (Å²) in [5.41, 5.74) is 1.85. The van der Waals surface area contributed by atoms with Gasteiger partial charge in [-0.25, -0.2) is 8.78 Å². The van der Waals surface area contributed by atoms with E-state index in [-0.39, 0.29) is 11.6 Å². The molecule has 1 atom stereocenters.